The highest BCUT2D eigenvalue weighted by molar-refractivity contribution is 9.12. The second kappa shape index (κ2) is 5.85. The maximum absolute atomic E-state index is 12.2. The van der Waals surface area contributed by atoms with E-state index < -0.39 is 14.8 Å². The normalized spacial score (nSPS) is 22.5. The van der Waals surface area contributed by atoms with Crippen molar-refractivity contribution in [2.45, 2.75) is 4.75 Å². The molecule has 0 aliphatic carbocycles. The molecule has 1 aromatic rings. The van der Waals surface area contributed by atoms with Gasteiger partial charge in [-0.2, -0.15) is 0 Å². The molecule has 0 bridgehead atoms. The minimum Gasteiger partial charge on any atom is -0.495 e. The molecule has 1 aromatic heterocycles. The first-order chi connectivity index (χ1) is 9.71. The Labute approximate surface area is 140 Å². The summed E-state index contributed by atoms with van der Waals surface area (Å²) < 4.78 is 28.2. The Bertz CT molecular complexity index is 751. The molecular weight excluding hydrogens is 405 g/mol. The van der Waals surface area contributed by atoms with E-state index in [0.717, 1.165) is 0 Å². The molecule has 0 aromatic carbocycles. The molecule has 0 spiro atoms. The lowest BCUT2D eigenvalue weighted by atomic mass is 10.0. The van der Waals surface area contributed by atoms with E-state index in [2.05, 4.69) is 25.9 Å². The lowest BCUT2D eigenvalue weighted by Gasteiger charge is -2.30. The van der Waals surface area contributed by atoms with Gasteiger partial charge in [0.15, 0.2) is 4.75 Å². The molecule has 2 N–H and O–H groups in total. The Morgan fingerprint density at radius 1 is 1.48 bits per heavy atom. The summed E-state index contributed by atoms with van der Waals surface area (Å²) in [4.78, 5) is 8.06. The van der Waals surface area contributed by atoms with Crippen LogP contribution in [0.5, 0.6) is 5.75 Å². The minimum atomic E-state index is -4.10. The van der Waals surface area contributed by atoms with Crippen molar-refractivity contribution in [2.75, 3.05) is 13.7 Å². The molecule has 0 radical (unpaired) electrons. The average Bonchev–Trinajstić information content (AvgIpc) is 2.40. The third-order valence-corrected chi connectivity index (χ3v) is 5.78. The third kappa shape index (κ3) is 2.95. The first-order valence-corrected chi connectivity index (χ1v) is 8.62. The lowest BCUT2D eigenvalue weighted by Crippen LogP contribution is -2.44. The standard InChI is InChI=1S/C11H10BrCl2N3O3S/c1-20-8-2-6(13)4-16-9(8)11(21(15,18)19)3-7(12)10(14)17-5-11/h2-4H,5H2,1H3,(H2,15,18,19). The van der Waals surface area contributed by atoms with Crippen LogP contribution in [0.1, 0.15) is 5.69 Å². The maximum atomic E-state index is 12.2. The Balaban J connectivity index is 2.76. The van der Waals surface area contributed by atoms with Crippen LogP contribution in [0.3, 0.4) is 0 Å². The fourth-order valence-corrected chi connectivity index (χ4v) is 3.80. The SMILES string of the molecule is COc1cc(Cl)cnc1C1(S(N)(=O)=O)C=C(Br)C(Cl)=NC1. The minimum absolute atomic E-state index is 0.0989. The number of hydrogen-bond acceptors (Lipinski definition) is 5. The largest absolute Gasteiger partial charge is 0.495 e. The monoisotopic (exact) mass is 413 g/mol. The lowest BCUT2D eigenvalue weighted by molar-refractivity contribution is 0.401. The number of primary sulfonamides is 1. The quantitative estimate of drug-likeness (QED) is 0.819. The average molecular weight is 415 g/mol. The summed E-state index contributed by atoms with van der Waals surface area (Å²) in [5, 5.41) is 5.87. The zero-order chi connectivity index (χ0) is 15.8. The molecule has 0 fully saturated rings. The summed E-state index contributed by atoms with van der Waals surface area (Å²) >= 11 is 14.9. The number of nitrogens with zero attached hydrogens (tertiary/aromatic N) is 2. The highest BCUT2D eigenvalue weighted by atomic mass is 79.9. The Kier molecular flexibility index (Phi) is 4.65. The van der Waals surface area contributed by atoms with Gasteiger partial charge in [-0.3, -0.25) is 9.98 Å². The van der Waals surface area contributed by atoms with Gasteiger partial charge in [0, 0.05) is 12.3 Å². The Morgan fingerprint density at radius 3 is 2.67 bits per heavy atom. The number of pyridine rings is 1. The molecule has 21 heavy (non-hydrogen) atoms. The fourth-order valence-electron chi connectivity index (χ4n) is 1.92. The van der Waals surface area contributed by atoms with Gasteiger partial charge >= 0.3 is 0 Å². The van der Waals surface area contributed by atoms with Crippen molar-refractivity contribution < 1.29 is 13.2 Å². The van der Waals surface area contributed by atoms with Gasteiger partial charge in [0.2, 0.25) is 10.0 Å². The molecule has 114 valence electrons. The first kappa shape index (κ1) is 16.7. The highest BCUT2D eigenvalue weighted by Crippen LogP contribution is 2.40. The zero-order valence-electron chi connectivity index (χ0n) is 10.7. The number of halogens is 3. The number of allylic oxidation sites excluding steroid dienone is 1. The van der Waals surface area contributed by atoms with Crippen molar-refractivity contribution in [1.82, 2.24) is 4.98 Å². The van der Waals surface area contributed by atoms with Gasteiger partial charge in [0.05, 0.1) is 23.2 Å². The molecule has 0 amide bonds. The molecule has 0 saturated heterocycles. The van der Waals surface area contributed by atoms with Gasteiger partial charge in [-0.25, -0.2) is 13.6 Å². The molecule has 2 rings (SSSR count). The van der Waals surface area contributed by atoms with E-state index in [-0.39, 0.29) is 23.2 Å². The molecule has 10 heteroatoms. The number of ether oxygens (including phenoxy) is 1. The molecule has 1 atom stereocenters. The van der Waals surface area contributed by atoms with Gasteiger partial charge in [-0.05, 0) is 22.0 Å². The number of aromatic nitrogens is 1. The Morgan fingerprint density at radius 2 is 2.14 bits per heavy atom. The van der Waals surface area contributed by atoms with Crippen LogP contribution in [0.4, 0.5) is 0 Å². The van der Waals surface area contributed by atoms with Crippen LogP contribution >= 0.6 is 39.1 Å². The van der Waals surface area contributed by atoms with Crippen molar-refractivity contribution in [3.05, 3.63) is 33.5 Å². The van der Waals surface area contributed by atoms with E-state index in [9.17, 15) is 8.42 Å². The third-order valence-electron chi connectivity index (χ3n) is 2.96. The number of sulfonamides is 1. The molecule has 2 heterocycles. The van der Waals surface area contributed by atoms with Gasteiger partial charge in [0.1, 0.15) is 16.6 Å². The molecule has 1 unspecified atom stereocenters. The summed E-state index contributed by atoms with van der Waals surface area (Å²) in [7, 11) is -2.72. The van der Waals surface area contributed by atoms with Gasteiger partial charge in [-0.15, -0.1) is 0 Å². The van der Waals surface area contributed by atoms with Crippen molar-refractivity contribution in [2.24, 2.45) is 10.1 Å². The van der Waals surface area contributed by atoms with Crippen molar-refractivity contribution in [3.63, 3.8) is 0 Å². The summed E-state index contributed by atoms with van der Waals surface area (Å²) in [5.74, 6) is 0.196. The van der Waals surface area contributed by atoms with Crippen molar-refractivity contribution in [3.8, 4) is 5.75 Å². The van der Waals surface area contributed by atoms with Gasteiger partial charge in [0.25, 0.3) is 0 Å². The topological polar surface area (TPSA) is 94.6 Å². The Hall–Kier alpha value is -0.670. The van der Waals surface area contributed by atoms with Crippen LogP contribution < -0.4 is 9.88 Å². The second-order valence-electron chi connectivity index (χ2n) is 4.24. The van der Waals surface area contributed by atoms with Crippen LogP contribution in [-0.2, 0) is 14.8 Å². The van der Waals surface area contributed by atoms with Crippen LogP contribution in [0, 0.1) is 0 Å². The smallest absolute Gasteiger partial charge is 0.226 e. The van der Waals surface area contributed by atoms with Crippen LogP contribution in [0.25, 0.3) is 0 Å². The second-order valence-corrected chi connectivity index (χ2v) is 7.71. The summed E-state index contributed by atoms with van der Waals surface area (Å²) in [5.41, 5.74) is 0.0989. The molecule has 1 aliphatic heterocycles. The molecular formula is C11H10BrCl2N3O3S. The highest BCUT2D eigenvalue weighted by Gasteiger charge is 2.47. The van der Waals surface area contributed by atoms with E-state index in [1.54, 1.807) is 0 Å². The number of rotatable bonds is 3. The van der Waals surface area contributed by atoms with Crippen molar-refractivity contribution >= 4 is 54.3 Å². The summed E-state index contributed by atoms with van der Waals surface area (Å²) in [6.07, 6.45) is 2.67. The van der Waals surface area contributed by atoms with Crippen LogP contribution in [0.15, 0.2) is 27.8 Å². The van der Waals surface area contributed by atoms with E-state index in [4.69, 9.17) is 33.1 Å². The zero-order valence-corrected chi connectivity index (χ0v) is 14.6. The van der Waals surface area contributed by atoms with Crippen molar-refractivity contribution in [1.29, 1.82) is 0 Å². The first-order valence-electron chi connectivity index (χ1n) is 5.52. The number of nitrogens with two attached hydrogens (primary N) is 1. The number of aliphatic imine (C=N–C) groups is 1. The molecule has 1 aliphatic rings. The number of dihydropyridines is 1. The molecule has 6 nitrogen and oxygen atoms in total. The van der Waals surface area contributed by atoms with Gasteiger partial charge in [-0.1, -0.05) is 23.2 Å². The van der Waals surface area contributed by atoms with E-state index in [1.807, 2.05) is 0 Å². The van der Waals surface area contributed by atoms with Crippen LogP contribution in [-0.4, -0.2) is 32.2 Å². The van der Waals surface area contributed by atoms with Crippen LogP contribution in [0.2, 0.25) is 5.02 Å². The fraction of sp³-hybridized carbons (Fsp3) is 0.273. The van der Waals surface area contributed by atoms with Gasteiger partial charge < -0.3 is 4.74 Å². The predicted octanol–water partition coefficient (Wildman–Crippen LogP) is 2.16. The summed E-state index contributed by atoms with van der Waals surface area (Å²) in [6, 6.07) is 1.46. The predicted molar refractivity (Wildman–Crippen MR) is 85.7 cm³/mol. The van der Waals surface area contributed by atoms with E-state index >= 15 is 0 Å². The summed E-state index contributed by atoms with van der Waals surface area (Å²) in [6.45, 7) is -0.204. The van der Waals surface area contributed by atoms with E-state index in [0.29, 0.717) is 9.51 Å². The molecule has 0 saturated carbocycles. The number of methoxy groups -OCH3 is 1. The van der Waals surface area contributed by atoms with E-state index in [1.165, 1.54) is 25.4 Å². The maximum Gasteiger partial charge on any atom is 0.226 e. The number of hydrogen-bond donors (Lipinski definition) is 1.